The Labute approximate surface area is 687 Å². The van der Waals surface area contributed by atoms with E-state index >= 15 is 0 Å². The van der Waals surface area contributed by atoms with Crippen molar-refractivity contribution in [2.24, 2.45) is 0 Å². The van der Waals surface area contributed by atoms with Gasteiger partial charge in [0.2, 0.25) is 0 Å². The number of allylic oxidation sites excluding steroid dienone is 6. The van der Waals surface area contributed by atoms with E-state index in [0.29, 0.717) is 76.8 Å². The van der Waals surface area contributed by atoms with Gasteiger partial charge in [0, 0.05) is 121 Å². The van der Waals surface area contributed by atoms with Crippen LogP contribution in [0.15, 0.2) is 260 Å². The summed E-state index contributed by atoms with van der Waals surface area (Å²) in [6.45, 7) is 34.4. The number of hydrogen-bond acceptors (Lipinski definition) is 10. The Hall–Kier alpha value is -10.0. The summed E-state index contributed by atoms with van der Waals surface area (Å²) < 4.78 is 14.3. The van der Waals surface area contributed by atoms with Crippen molar-refractivity contribution in [3.63, 3.8) is 0 Å². The Morgan fingerprint density at radius 2 is 0.956 bits per heavy atom. The van der Waals surface area contributed by atoms with E-state index in [0.717, 1.165) is 124 Å². The number of thiol groups is 2. The minimum absolute atomic E-state index is 0.123. The number of phenolic OH excluding ortho intramolecular Hbond substituents is 2. The van der Waals surface area contributed by atoms with Gasteiger partial charge in [0.05, 0.1) is 19.3 Å². The summed E-state index contributed by atoms with van der Waals surface area (Å²) >= 11 is 9.34. The smallest absolute Gasteiger partial charge is 0.126 e. The predicted molar refractivity (Wildman–Crippen MR) is 484 cm³/mol. The number of benzene rings is 10. The highest BCUT2D eigenvalue weighted by atomic mass is 32.1. The molecule has 10 aromatic rings. The van der Waals surface area contributed by atoms with Gasteiger partial charge in [0.15, 0.2) is 0 Å². The molecular formula is C103H120N4O4S2. The molecule has 1 unspecified atom stereocenters. The van der Waals surface area contributed by atoms with Crippen LogP contribution in [0, 0.1) is 55.4 Å². The minimum atomic E-state index is -0.123. The van der Waals surface area contributed by atoms with Crippen molar-refractivity contribution >= 4 is 42.3 Å². The van der Waals surface area contributed by atoms with E-state index in [2.05, 4.69) is 339 Å². The van der Waals surface area contributed by atoms with Crippen molar-refractivity contribution in [1.82, 2.24) is 4.90 Å². The summed E-state index contributed by atoms with van der Waals surface area (Å²) in [4.78, 5) is 9.99. The number of aromatic hydroxyl groups is 2. The first-order valence-corrected chi connectivity index (χ1v) is 42.1. The molecule has 588 valence electrons. The van der Waals surface area contributed by atoms with Crippen LogP contribution in [0.5, 0.6) is 17.2 Å². The molecule has 0 radical (unpaired) electrons. The average molecular weight is 1540 g/mol. The fraction of sp³-hybridized carbons (Fsp3) is 0.320. The number of anilines is 3. The van der Waals surface area contributed by atoms with Gasteiger partial charge in [-0.05, 0) is 235 Å². The van der Waals surface area contributed by atoms with E-state index in [1.165, 1.54) is 89.0 Å². The van der Waals surface area contributed by atoms with Crippen LogP contribution in [0.25, 0.3) is 0 Å². The molecule has 113 heavy (non-hydrogen) atoms. The fourth-order valence-electron chi connectivity index (χ4n) is 15.9. The van der Waals surface area contributed by atoms with Gasteiger partial charge in [-0.2, -0.15) is 25.3 Å². The second kappa shape index (κ2) is 41.2. The molecule has 0 bridgehead atoms. The molecule has 1 aliphatic rings. The Kier molecular flexibility index (Phi) is 30.6. The van der Waals surface area contributed by atoms with Crippen LogP contribution in [0.2, 0.25) is 0 Å². The van der Waals surface area contributed by atoms with Gasteiger partial charge in [-0.1, -0.05) is 229 Å². The molecule has 2 N–H and O–H groups in total. The van der Waals surface area contributed by atoms with Crippen molar-refractivity contribution in [3.8, 4) is 17.2 Å². The number of unbranched alkanes of at least 4 members (excludes halogenated alkanes) is 2. The zero-order valence-electron chi connectivity index (χ0n) is 69.0. The molecule has 0 aromatic heterocycles. The lowest BCUT2D eigenvalue weighted by atomic mass is 9.91. The number of rotatable bonds is 39. The summed E-state index contributed by atoms with van der Waals surface area (Å²) in [6, 6.07) is 72.9. The predicted octanol–water partition coefficient (Wildman–Crippen LogP) is 25.0. The van der Waals surface area contributed by atoms with Gasteiger partial charge < -0.3 is 39.3 Å². The molecule has 0 fully saturated rings. The number of aryl methyl sites for hydroxylation is 9. The Morgan fingerprint density at radius 3 is 1.47 bits per heavy atom. The maximum absolute atomic E-state index is 14.1. The van der Waals surface area contributed by atoms with Gasteiger partial charge in [-0.25, -0.2) is 0 Å². The van der Waals surface area contributed by atoms with Gasteiger partial charge in [-0.3, -0.25) is 0 Å². The highest BCUT2D eigenvalue weighted by Crippen LogP contribution is 2.44. The summed E-state index contributed by atoms with van der Waals surface area (Å²) in [6.07, 6.45) is 18.1. The Bertz CT molecular complexity index is 4980. The normalized spacial score (nSPS) is 12.6. The van der Waals surface area contributed by atoms with E-state index in [-0.39, 0.29) is 24.6 Å². The van der Waals surface area contributed by atoms with Crippen LogP contribution >= 0.6 is 25.3 Å². The lowest BCUT2D eigenvalue weighted by molar-refractivity contribution is 0.215. The van der Waals surface area contributed by atoms with Crippen LogP contribution in [0.1, 0.15) is 182 Å². The third kappa shape index (κ3) is 23.1. The molecule has 1 atom stereocenters. The van der Waals surface area contributed by atoms with E-state index in [1.807, 2.05) is 0 Å². The van der Waals surface area contributed by atoms with Crippen LogP contribution < -0.4 is 19.4 Å². The first-order chi connectivity index (χ1) is 54.7. The monoisotopic (exact) mass is 1540 g/mol. The summed E-state index contributed by atoms with van der Waals surface area (Å²) in [5.41, 5.74) is 29.6. The number of ether oxygens (including phenoxy) is 2. The molecule has 0 aliphatic heterocycles. The van der Waals surface area contributed by atoms with E-state index in [9.17, 15) is 10.2 Å². The zero-order valence-corrected chi connectivity index (χ0v) is 70.8. The molecule has 0 saturated carbocycles. The van der Waals surface area contributed by atoms with Crippen molar-refractivity contribution in [1.29, 1.82) is 0 Å². The highest BCUT2D eigenvalue weighted by molar-refractivity contribution is 7.80. The first-order valence-electron chi connectivity index (χ1n) is 40.9. The lowest BCUT2D eigenvalue weighted by Gasteiger charge is -2.34. The molecule has 8 nitrogen and oxygen atoms in total. The molecule has 0 spiro atoms. The molecule has 10 aromatic carbocycles. The summed E-state index contributed by atoms with van der Waals surface area (Å²) in [5.74, 6) is 3.26. The third-order valence-electron chi connectivity index (χ3n) is 22.3. The number of hydrogen-bond donors (Lipinski definition) is 4. The van der Waals surface area contributed by atoms with Crippen molar-refractivity contribution in [2.45, 2.75) is 186 Å². The zero-order chi connectivity index (χ0) is 79.9. The molecular weight excluding hydrogens is 1420 g/mol. The average Bonchev–Trinajstić information content (AvgIpc) is 0.774. The largest absolute Gasteiger partial charge is 0.507 e. The van der Waals surface area contributed by atoms with Gasteiger partial charge in [-0.15, -0.1) is 0 Å². The lowest BCUT2D eigenvalue weighted by Crippen LogP contribution is -2.27. The molecule has 0 heterocycles. The molecule has 1 aliphatic carbocycles. The highest BCUT2D eigenvalue weighted by Gasteiger charge is 2.28. The Balaban J connectivity index is 1.17. The second-order valence-corrected chi connectivity index (χ2v) is 32.2. The van der Waals surface area contributed by atoms with Gasteiger partial charge in [0.1, 0.15) is 23.0 Å². The maximum atomic E-state index is 14.1. The fourth-order valence-corrected chi connectivity index (χ4v) is 16.3. The van der Waals surface area contributed by atoms with Crippen molar-refractivity contribution < 1.29 is 19.7 Å². The van der Waals surface area contributed by atoms with Gasteiger partial charge in [0.25, 0.3) is 0 Å². The maximum Gasteiger partial charge on any atom is 0.126 e. The molecule has 11 rings (SSSR count). The Morgan fingerprint density at radius 1 is 0.487 bits per heavy atom. The molecule has 0 saturated heterocycles. The summed E-state index contributed by atoms with van der Waals surface area (Å²) in [7, 11) is 0. The standard InChI is InChI=1S/C103H120N4O4S2/c1-13-86-58-97(104(65-82-31-19-15-20-32-82)66-83-33-21-16-22-34-83)60-92(101(86)108)56-94-63-98(106(68-85-37-25-18-26-38-85)70-88-44-40-73(4)52-77(88)8)64-95(103(94)111-48-28-30-50-113)57-93-62-99(107(71-89-45-41-74(5)53-78(89)9)80(11)100-46-42-75(6)54-79(100)10)61-91(102(93)109)55-90(81(12)110-47-27-29-49-112)59-96(14-2)105(67-84-35-23-17-24-36-84)69-87-43-39-72(3)51-76(87)7/h14-21,23-26,31-33,35-46,51-54,58-64,80,108-109,112-113H,12-13,22,27-30,34,47-50,55-57,65-71H2,1-11H3. The topological polar surface area (TPSA) is 71.9 Å². The van der Waals surface area contributed by atoms with E-state index in [1.54, 1.807) is 0 Å². The number of phenols is 2. The van der Waals surface area contributed by atoms with Crippen molar-refractivity contribution in [3.05, 3.63) is 377 Å². The van der Waals surface area contributed by atoms with Crippen LogP contribution in [-0.2, 0) is 69.7 Å². The van der Waals surface area contributed by atoms with Gasteiger partial charge >= 0.3 is 0 Å². The second-order valence-electron chi connectivity index (χ2n) is 31.3. The minimum Gasteiger partial charge on any atom is -0.507 e. The van der Waals surface area contributed by atoms with Crippen LogP contribution in [-0.4, -0.2) is 46.4 Å². The van der Waals surface area contributed by atoms with Crippen LogP contribution in [0.3, 0.4) is 0 Å². The number of nitrogens with zero attached hydrogens (tertiary/aromatic N) is 4. The summed E-state index contributed by atoms with van der Waals surface area (Å²) in [5, 5.41) is 27.0. The van der Waals surface area contributed by atoms with Crippen molar-refractivity contribution in [2.75, 3.05) is 46.0 Å². The molecule has 0 amide bonds. The quantitative estimate of drug-likeness (QED) is 0.0132. The van der Waals surface area contributed by atoms with Crippen LogP contribution in [0.4, 0.5) is 17.1 Å². The SMILES string of the molecule is C=C(OCCCCS)C(=CC(=CC)N(Cc1ccccc1)Cc1ccc(C)cc1C)Cc1cc(N(Cc2ccc(C)cc2C)C(C)c2ccc(C)cc2C)cc(Cc2cc(N(Cc3ccccc3)Cc3ccc(C)cc3C)cc(Cc3cc(N(CC4=CC=CCC4)Cc4ccccc4)cc(CC)c3O)c2OCCCCS)c1O. The molecule has 10 heteroatoms. The van der Waals surface area contributed by atoms with E-state index < -0.39 is 0 Å². The third-order valence-corrected chi connectivity index (χ3v) is 23.0. The van der Waals surface area contributed by atoms with E-state index in [4.69, 9.17) is 28.7 Å². The first kappa shape index (κ1) is 83.9.